The molecule has 1 aromatic carbocycles. The fourth-order valence-corrected chi connectivity index (χ4v) is 1.89. The highest BCUT2D eigenvalue weighted by molar-refractivity contribution is 5.73. The summed E-state index contributed by atoms with van der Waals surface area (Å²) in [5, 5.41) is 11.9. The number of nitrogens with one attached hydrogen (secondary N) is 1. The predicted octanol–water partition coefficient (Wildman–Crippen LogP) is 1.86. The topological polar surface area (TPSA) is 78.6 Å². The van der Waals surface area contributed by atoms with Gasteiger partial charge in [-0.05, 0) is 6.92 Å². The van der Waals surface area contributed by atoms with E-state index in [-0.39, 0.29) is 19.1 Å². The van der Waals surface area contributed by atoms with Gasteiger partial charge in [0, 0.05) is 19.2 Å². The van der Waals surface area contributed by atoms with Crippen LogP contribution in [0.5, 0.6) is 0 Å². The van der Waals surface area contributed by atoms with E-state index >= 15 is 0 Å². The Labute approximate surface area is 123 Å². The van der Waals surface area contributed by atoms with E-state index in [9.17, 15) is 9.90 Å². The van der Waals surface area contributed by atoms with Gasteiger partial charge in [-0.2, -0.15) is 0 Å². The number of urea groups is 1. The normalized spacial score (nSPS) is 12.0. The van der Waals surface area contributed by atoms with Crippen molar-refractivity contribution in [1.82, 2.24) is 15.2 Å². The highest BCUT2D eigenvalue weighted by Gasteiger charge is 2.12. The van der Waals surface area contributed by atoms with Gasteiger partial charge >= 0.3 is 6.03 Å². The quantitative estimate of drug-likeness (QED) is 0.880. The summed E-state index contributed by atoms with van der Waals surface area (Å²) >= 11 is 0. The largest absolute Gasteiger partial charge is 0.439 e. The van der Waals surface area contributed by atoms with Crippen LogP contribution in [0, 0.1) is 0 Å². The van der Waals surface area contributed by atoms with Crippen molar-refractivity contribution < 1.29 is 14.3 Å². The van der Waals surface area contributed by atoms with E-state index in [2.05, 4.69) is 10.3 Å². The second kappa shape index (κ2) is 6.90. The SMILES string of the molecule is CC(O)CN(C)C(=O)NCc1ncc(-c2ccccc2)o1. The highest BCUT2D eigenvalue weighted by Crippen LogP contribution is 2.19. The van der Waals surface area contributed by atoms with Gasteiger partial charge in [-0.3, -0.25) is 0 Å². The molecule has 0 aliphatic heterocycles. The second-order valence-corrected chi connectivity index (χ2v) is 4.87. The van der Waals surface area contributed by atoms with Crippen molar-refractivity contribution in [3.05, 3.63) is 42.4 Å². The number of oxazole rings is 1. The molecule has 6 nitrogen and oxygen atoms in total. The molecule has 1 atom stereocenters. The Morgan fingerprint density at radius 3 is 2.81 bits per heavy atom. The van der Waals surface area contributed by atoms with E-state index in [1.165, 1.54) is 4.90 Å². The molecule has 6 heteroatoms. The van der Waals surface area contributed by atoms with E-state index in [1.54, 1.807) is 20.2 Å². The standard InChI is InChI=1S/C15H19N3O3/c1-11(19)10-18(2)15(20)17-9-14-16-8-13(21-14)12-6-4-3-5-7-12/h3-8,11,19H,9-10H2,1-2H3,(H,17,20). The molecule has 0 aliphatic rings. The van der Waals surface area contributed by atoms with Gasteiger partial charge in [-0.1, -0.05) is 30.3 Å². The number of aromatic nitrogens is 1. The third-order valence-electron chi connectivity index (χ3n) is 2.89. The molecule has 1 aromatic heterocycles. The second-order valence-electron chi connectivity index (χ2n) is 4.87. The van der Waals surface area contributed by atoms with Crippen LogP contribution < -0.4 is 5.32 Å². The maximum absolute atomic E-state index is 11.8. The number of likely N-dealkylation sites (N-methyl/N-ethyl adjacent to an activating group) is 1. The van der Waals surface area contributed by atoms with E-state index < -0.39 is 6.10 Å². The summed E-state index contributed by atoms with van der Waals surface area (Å²) in [6.45, 7) is 2.10. The van der Waals surface area contributed by atoms with Crippen LogP contribution in [-0.2, 0) is 6.54 Å². The van der Waals surface area contributed by atoms with Crippen molar-refractivity contribution in [2.24, 2.45) is 0 Å². The molecular formula is C15H19N3O3. The molecule has 2 amide bonds. The molecule has 2 aromatic rings. The smallest absolute Gasteiger partial charge is 0.317 e. The lowest BCUT2D eigenvalue weighted by Crippen LogP contribution is -2.40. The van der Waals surface area contributed by atoms with Crippen LogP contribution in [0.3, 0.4) is 0 Å². The van der Waals surface area contributed by atoms with Crippen LogP contribution in [0.2, 0.25) is 0 Å². The maximum atomic E-state index is 11.8. The number of carbonyl (C=O) groups excluding carboxylic acids is 1. The van der Waals surface area contributed by atoms with E-state index in [0.717, 1.165) is 5.56 Å². The summed E-state index contributed by atoms with van der Waals surface area (Å²) in [5.74, 6) is 1.10. The first kappa shape index (κ1) is 15.1. The number of rotatable bonds is 5. The van der Waals surface area contributed by atoms with E-state index in [4.69, 9.17) is 4.42 Å². The molecule has 112 valence electrons. The molecule has 0 radical (unpaired) electrons. The monoisotopic (exact) mass is 289 g/mol. The molecule has 0 saturated heterocycles. The Bertz CT molecular complexity index is 581. The number of aliphatic hydroxyl groups excluding tert-OH is 1. The van der Waals surface area contributed by atoms with Crippen LogP contribution >= 0.6 is 0 Å². The number of hydrogen-bond acceptors (Lipinski definition) is 4. The molecule has 2 N–H and O–H groups in total. The van der Waals surface area contributed by atoms with Gasteiger partial charge < -0.3 is 19.7 Å². The molecule has 0 saturated carbocycles. The zero-order chi connectivity index (χ0) is 15.2. The molecule has 2 rings (SSSR count). The number of benzene rings is 1. The van der Waals surface area contributed by atoms with Gasteiger partial charge in [0.25, 0.3) is 0 Å². The molecule has 1 heterocycles. The maximum Gasteiger partial charge on any atom is 0.317 e. The van der Waals surface area contributed by atoms with Gasteiger partial charge in [0.15, 0.2) is 5.76 Å². The summed E-state index contributed by atoms with van der Waals surface area (Å²) < 4.78 is 5.59. The Hall–Kier alpha value is -2.34. The number of amides is 2. The van der Waals surface area contributed by atoms with Gasteiger partial charge in [0.1, 0.15) is 0 Å². The average molecular weight is 289 g/mol. The van der Waals surface area contributed by atoms with Crippen molar-refractivity contribution in [2.45, 2.75) is 19.6 Å². The minimum Gasteiger partial charge on any atom is -0.439 e. The van der Waals surface area contributed by atoms with Crippen molar-refractivity contribution in [2.75, 3.05) is 13.6 Å². The number of hydrogen-bond donors (Lipinski definition) is 2. The Balaban J connectivity index is 1.90. The van der Waals surface area contributed by atoms with Crippen LogP contribution in [0.4, 0.5) is 4.79 Å². The first-order valence-corrected chi connectivity index (χ1v) is 6.73. The minimum atomic E-state index is -0.563. The lowest BCUT2D eigenvalue weighted by Gasteiger charge is -2.18. The summed E-state index contributed by atoms with van der Waals surface area (Å²) in [4.78, 5) is 17.3. The molecule has 0 aliphatic carbocycles. The lowest BCUT2D eigenvalue weighted by molar-refractivity contribution is 0.143. The zero-order valence-electron chi connectivity index (χ0n) is 12.1. The van der Waals surface area contributed by atoms with Crippen LogP contribution in [-0.4, -0.2) is 40.7 Å². The third-order valence-corrected chi connectivity index (χ3v) is 2.89. The van der Waals surface area contributed by atoms with Gasteiger partial charge in [0.2, 0.25) is 5.89 Å². The van der Waals surface area contributed by atoms with Crippen molar-refractivity contribution in [3.63, 3.8) is 0 Å². The average Bonchev–Trinajstić information content (AvgIpc) is 2.94. The van der Waals surface area contributed by atoms with Crippen molar-refractivity contribution >= 4 is 6.03 Å². The number of aliphatic hydroxyl groups is 1. The Kier molecular flexibility index (Phi) is 4.94. The predicted molar refractivity (Wildman–Crippen MR) is 78.5 cm³/mol. The van der Waals surface area contributed by atoms with Gasteiger partial charge in [-0.15, -0.1) is 0 Å². The Morgan fingerprint density at radius 2 is 2.14 bits per heavy atom. The number of nitrogens with zero attached hydrogens (tertiary/aromatic N) is 2. The molecular weight excluding hydrogens is 270 g/mol. The van der Waals surface area contributed by atoms with Gasteiger partial charge in [0.05, 0.1) is 18.8 Å². The third kappa shape index (κ3) is 4.32. The van der Waals surface area contributed by atoms with E-state index in [1.807, 2.05) is 30.3 Å². The summed E-state index contributed by atoms with van der Waals surface area (Å²) in [7, 11) is 1.62. The summed E-state index contributed by atoms with van der Waals surface area (Å²) in [5.41, 5.74) is 0.939. The van der Waals surface area contributed by atoms with E-state index in [0.29, 0.717) is 11.7 Å². The highest BCUT2D eigenvalue weighted by atomic mass is 16.4. The summed E-state index contributed by atoms with van der Waals surface area (Å²) in [6.07, 6.45) is 1.07. The van der Waals surface area contributed by atoms with Crippen LogP contribution in [0.1, 0.15) is 12.8 Å². The molecule has 1 unspecified atom stereocenters. The fourth-order valence-electron chi connectivity index (χ4n) is 1.89. The zero-order valence-corrected chi connectivity index (χ0v) is 12.1. The summed E-state index contributed by atoms with van der Waals surface area (Å²) in [6, 6.07) is 9.35. The molecule has 0 spiro atoms. The molecule has 0 fully saturated rings. The molecule has 21 heavy (non-hydrogen) atoms. The van der Waals surface area contributed by atoms with Crippen LogP contribution in [0.25, 0.3) is 11.3 Å². The lowest BCUT2D eigenvalue weighted by atomic mass is 10.2. The van der Waals surface area contributed by atoms with Crippen molar-refractivity contribution in [3.8, 4) is 11.3 Å². The van der Waals surface area contributed by atoms with Crippen molar-refractivity contribution in [1.29, 1.82) is 0 Å². The Morgan fingerprint density at radius 1 is 1.43 bits per heavy atom. The first-order chi connectivity index (χ1) is 10.1. The van der Waals surface area contributed by atoms with Gasteiger partial charge in [-0.25, -0.2) is 9.78 Å². The molecule has 0 bridgehead atoms. The minimum absolute atomic E-state index is 0.204. The fraction of sp³-hybridized carbons (Fsp3) is 0.333. The first-order valence-electron chi connectivity index (χ1n) is 6.73. The number of carbonyl (C=O) groups is 1. The van der Waals surface area contributed by atoms with Crippen LogP contribution in [0.15, 0.2) is 40.9 Å².